The van der Waals surface area contributed by atoms with Crippen LogP contribution in [0.3, 0.4) is 0 Å². The van der Waals surface area contributed by atoms with E-state index in [1.54, 1.807) is 12.1 Å². The average Bonchev–Trinajstić information content (AvgIpc) is 2.94. The van der Waals surface area contributed by atoms with Gasteiger partial charge in [-0.15, -0.1) is 0 Å². The molecule has 3 aromatic rings. The maximum atomic E-state index is 13.4. The number of anilines is 2. The van der Waals surface area contributed by atoms with Gasteiger partial charge in [-0.3, -0.25) is 0 Å². The normalized spacial score (nSPS) is 11.4. The van der Waals surface area contributed by atoms with Crippen molar-refractivity contribution in [3.05, 3.63) is 52.9 Å². The van der Waals surface area contributed by atoms with Crippen LogP contribution in [0, 0.1) is 5.82 Å². The Morgan fingerprint density at radius 3 is 2.48 bits per heavy atom. The lowest BCUT2D eigenvalue weighted by Gasteiger charge is -2.12. The van der Waals surface area contributed by atoms with E-state index in [4.69, 9.17) is 27.8 Å². The number of rotatable bonds is 5. The number of hydrogen-bond acceptors (Lipinski definition) is 3. The minimum absolute atomic E-state index is 0.0102. The molecule has 132 valence electrons. The van der Waals surface area contributed by atoms with Crippen molar-refractivity contribution >= 4 is 33.9 Å². The Kier molecular flexibility index (Phi) is 4.67. The molecule has 0 saturated carbocycles. The highest BCUT2D eigenvalue weighted by atomic mass is 35.5. The fourth-order valence-corrected chi connectivity index (χ4v) is 2.83. The smallest absolute Gasteiger partial charge is 0.278 e. The summed E-state index contributed by atoms with van der Waals surface area (Å²) in [5.74, 6) is -0.330. The maximum Gasteiger partial charge on any atom is 0.278 e. The van der Waals surface area contributed by atoms with E-state index >= 15 is 0 Å². The molecule has 0 fully saturated rings. The number of benzene rings is 2. The van der Waals surface area contributed by atoms with Crippen LogP contribution in [-0.2, 0) is 6.54 Å². The lowest BCUT2D eigenvalue weighted by atomic mass is 10.2. The number of aromatic nitrogens is 1. The van der Waals surface area contributed by atoms with E-state index < -0.39 is 12.2 Å². The van der Waals surface area contributed by atoms with Crippen molar-refractivity contribution in [2.45, 2.75) is 13.0 Å². The molecule has 0 aliphatic heterocycles. The van der Waals surface area contributed by atoms with Crippen LogP contribution in [0.15, 0.2) is 36.4 Å². The zero-order chi connectivity index (χ0) is 18.1. The predicted molar refractivity (Wildman–Crippen MR) is 92.6 cm³/mol. The summed E-state index contributed by atoms with van der Waals surface area (Å²) in [6, 6.07) is 8.55. The van der Waals surface area contributed by atoms with Crippen molar-refractivity contribution in [1.29, 1.82) is 0 Å². The van der Waals surface area contributed by atoms with E-state index in [1.165, 1.54) is 22.8 Å². The summed E-state index contributed by atoms with van der Waals surface area (Å²) >= 11 is 6.11. The third-order valence-electron chi connectivity index (χ3n) is 3.86. The van der Waals surface area contributed by atoms with Crippen LogP contribution in [0.25, 0.3) is 10.9 Å². The van der Waals surface area contributed by atoms with Gasteiger partial charge in [-0.05, 0) is 30.3 Å². The molecular weight excluding hydrogens is 355 g/mol. The number of hydrogen-bond donors (Lipinski definition) is 2. The third kappa shape index (κ3) is 3.32. The first kappa shape index (κ1) is 17.3. The van der Waals surface area contributed by atoms with Gasteiger partial charge in [-0.2, -0.15) is 0 Å². The number of halogens is 4. The highest BCUT2D eigenvalue weighted by molar-refractivity contribution is 6.38. The monoisotopic (exact) mass is 369 g/mol. The summed E-state index contributed by atoms with van der Waals surface area (Å²) in [6.07, 6.45) is -2.68. The summed E-state index contributed by atoms with van der Waals surface area (Å²) in [7, 11) is 0. The molecule has 0 aliphatic carbocycles. The Morgan fingerprint density at radius 2 is 1.80 bits per heavy atom. The highest BCUT2D eigenvalue weighted by Crippen LogP contribution is 2.34. The molecular formula is C17H15ClF3N3O. The predicted octanol–water partition coefficient (Wildman–Crippen LogP) is 4.61. The van der Waals surface area contributed by atoms with Gasteiger partial charge >= 0.3 is 0 Å². The highest BCUT2D eigenvalue weighted by Gasteiger charge is 2.19. The van der Waals surface area contributed by atoms with Crippen molar-refractivity contribution in [2.24, 2.45) is 0 Å². The summed E-state index contributed by atoms with van der Waals surface area (Å²) in [5.41, 5.74) is 11.8. The van der Waals surface area contributed by atoms with Gasteiger partial charge in [0.1, 0.15) is 18.2 Å². The van der Waals surface area contributed by atoms with E-state index in [0.717, 1.165) is 6.07 Å². The quantitative estimate of drug-likeness (QED) is 0.645. The molecule has 4 N–H and O–H groups in total. The number of ether oxygens (including phenoxy) is 1. The molecule has 0 saturated heterocycles. The summed E-state index contributed by atoms with van der Waals surface area (Å²) in [5, 5.41) is 0.690. The Bertz CT molecular complexity index is 927. The van der Waals surface area contributed by atoms with Gasteiger partial charge in [0, 0.05) is 11.5 Å². The number of alkyl halides is 2. The van der Waals surface area contributed by atoms with Crippen molar-refractivity contribution in [2.75, 3.05) is 18.1 Å². The molecule has 8 heteroatoms. The molecule has 1 heterocycles. The van der Waals surface area contributed by atoms with Gasteiger partial charge in [0.15, 0.2) is 0 Å². The molecule has 0 aliphatic rings. The number of nitrogen functional groups attached to an aromatic ring is 2. The van der Waals surface area contributed by atoms with E-state index in [1.807, 2.05) is 0 Å². The van der Waals surface area contributed by atoms with Crippen LogP contribution in [0.5, 0.6) is 5.75 Å². The van der Waals surface area contributed by atoms with Crippen LogP contribution in [0.4, 0.5) is 24.5 Å². The van der Waals surface area contributed by atoms with E-state index in [0.29, 0.717) is 16.6 Å². The van der Waals surface area contributed by atoms with E-state index in [-0.39, 0.29) is 35.3 Å². The van der Waals surface area contributed by atoms with Gasteiger partial charge in [-0.1, -0.05) is 11.6 Å². The zero-order valence-electron chi connectivity index (χ0n) is 13.0. The topological polar surface area (TPSA) is 66.2 Å². The Hall–Kier alpha value is -2.54. The average molecular weight is 370 g/mol. The van der Waals surface area contributed by atoms with Crippen LogP contribution < -0.4 is 16.2 Å². The Balaban J connectivity index is 1.86. The molecule has 0 bridgehead atoms. The fraction of sp³-hybridized carbons (Fsp3) is 0.176. The maximum absolute atomic E-state index is 13.4. The number of nitrogens with two attached hydrogens (primary N) is 2. The molecule has 0 radical (unpaired) electrons. The van der Waals surface area contributed by atoms with Gasteiger partial charge < -0.3 is 20.8 Å². The van der Waals surface area contributed by atoms with Crippen LogP contribution in [-0.4, -0.2) is 11.2 Å². The van der Waals surface area contributed by atoms with Crippen LogP contribution in [0.1, 0.15) is 12.1 Å². The first-order valence-corrected chi connectivity index (χ1v) is 7.79. The number of nitrogens with zero attached hydrogens (tertiary/aromatic N) is 1. The Labute approximate surface area is 146 Å². The van der Waals surface area contributed by atoms with Crippen LogP contribution in [0.2, 0.25) is 5.02 Å². The third-order valence-corrected chi connectivity index (χ3v) is 4.28. The lowest BCUT2D eigenvalue weighted by Crippen LogP contribution is -2.11. The fourth-order valence-electron chi connectivity index (χ4n) is 2.62. The van der Waals surface area contributed by atoms with Crippen molar-refractivity contribution in [1.82, 2.24) is 4.57 Å². The van der Waals surface area contributed by atoms with Gasteiger partial charge in [-0.25, -0.2) is 13.2 Å². The molecule has 0 unspecified atom stereocenters. The van der Waals surface area contributed by atoms with Crippen molar-refractivity contribution < 1.29 is 17.9 Å². The first-order valence-electron chi connectivity index (χ1n) is 7.41. The standard InChI is InChI=1S/C17H15ClF3N3O/c18-16-10-8-15(17(20)21)24(14(10)4-3-13(16)23)5-6-25-9-1-2-12(22)11(19)7-9/h1-4,7-8,17H,5-6,22-23H2. The molecule has 3 rings (SSSR count). The van der Waals surface area contributed by atoms with E-state index in [9.17, 15) is 13.2 Å². The largest absolute Gasteiger partial charge is 0.492 e. The molecule has 4 nitrogen and oxygen atoms in total. The summed E-state index contributed by atoms with van der Waals surface area (Å²) < 4.78 is 46.9. The SMILES string of the molecule is Nc1ccc(OCCn2c(C(F)F)cc3c(Cl)c(N)ccc32)cc1F. The second-order valence-corrected chi connectivity index (χ2v) is 5.83. The summed E-state index contributed by atoms with van der Waals surface area (Å²) in [6.45, 7) is 0.199. The molecule has 0 amide bonds. The molecule has 0 spiro atoms. The van der Waals surface area contributed by atoms with E-state index in [2.05, 4.69) is 0 Å². The zero-order valence-corrected chi connectivity index (χ0v) is 13.7. The van der Waals surface area contributed by atoms with Crippen molar-refractivity contribution in [3.8, 4) is 5.75 Å². The minimum atomic E-state index is -2.68. The van der Waals surface area contributed by atoms with Crippen LogP contribution >= 0.6 is 11.6 Å². The molecule has 0 atom stereocenters. The first-order chi connectivity index (χ1) is 11.9. The van der Waals surface area contributed by atoms with Crippen molar-refractivity contribution in [3.63, 3.8) is 0 Å². The molecule has 1 aromatic heterocycles. The second kappa shape index (κ2) is 6.76. The summed E-state index contributed by atoms with van der Waals surface area (Å²) in [4.78, 5) is 0. The van der Waals surface area contributed by atoms with Gasteiger partial charge in [0.25, 0.3) is 6.43 Å². The lowest BCUT2D eigenvalue weighted by molar-refractivity contribution is 0.140. The minimum Gasteiger partial charge on any atom is -0.492 e. The van der Waals surface area contributed by atoms with Gasteiger partial charge in [0.05, 0.1) is 34.2 Å². The molecule has 2 aromatic carbocycles. The molecule has 25 heavy (non-hydrogen) atoms. The second-order valence-electron chi connectivity index (χ2n) is 5.45. The Morgan fingerprint density at radius 1 is 1.08 bits per heavy atom. The number of fused-ring (bicyclic) bond motifs is 1. The van der Waals surface area contributed by atoms with Gasteiger partial charge in [0.2, 0.25) is 0 Å².